The van der Waals surface area contributed by atoms with Gasteiger partial charge < -0.3 is 15.5 Å². The zero-order valence-electron chi connectivity index (χ0n) is 17.6. The summed E-state index contributed by atoms with van der Waals surface area (Å²) in [5.74, 6) is 1.18. The van der Waals surface area contributed by atoms with Crippen LogP contribution in [0.3, 0.4) is 0 Å². The molecule has 0 aliphatic carbocycles. The fraction of sp³-hybridized carbons (Fsp3) is 0.667. The molecule has 1 heterocycles. The molecule has 1 aromatic carbocycles. The van der Waals surface area contributed by atoms with Gasteiger partial charge in [-0.05, 0) is 44.0 Å². The Labute approximate surface area is 164 Å². The van der Waals surface area contributed by atoms with Gasteiger partial charge in [0.1, 0.15) is 5.82 Å². The lowest BCUT2D eigenvalue weighted by Crippen LogP contribution is -2.55. The van der Waals surface area contributed by atoms with Crippen LogP contribution in [0.2, 0.25) is 0 Å². The smallest absolute Gasteiger partial charge is 0.191 e. The molecular weight excluding hydrogens is 341 g/mol. The summed E-state index contributed by atoms with van der Waals surface area (Å²) in [6.07, 6.45) is 0. The van der Waals surface area contributed by atoms with Crippen molar-refractivity contribution in [2.45, 2.75) is 40.3 Å². The van der Waals surface area contributed by atoms with Gasteiger partial charge in [0.25, 0.3) is 0 Å². The van der Waals surface area contributed by atoms with Crippen LogP contribution in [0.25, 0.3) is 0 Å². The third-order valence-electron chi connectivity index (χ3n) is 5.26. The molecule has 27 heavy (non-hydrogen) atoms. The van der Waals surface area contributed by atoms with Gasteiger partial charge in [0.05, 0.1) is 6.54 Å². The minimum atomic E-state index is -0.171. The summed E-state index contributed by atoms with van der Waals surface area (Å²) in [7, 11) is 2.18. The number of aryl methyl sites for hydroxylation is 1. The minimum absolute atomic E-state index is 0.171. The monoisotopic (exact) mass is 377 g/mol. The molecule has 5 nitrogen and oxygen atoms in total. The van der Waals surface area contributed by atoms with Crippen molar-refractivity contribution in [2.24, 2.45) is 10.9 Å². The molecule has 0 bridgehead atoms. The van der Waals surface area contributed by atoms with Crippen molar-refractivity contribution < 1.29 is 4.39 Å². The van der Waals surface area contributed by atoms with Gasteiger partial charge in [-0.25, -0.2) is 9.38 Å². The fourth-order valence-corrected chi connectivity index (χ4v) is 3.39. The molecule has 0 radical (unpaired) electrons. The SMILES string of the molecule is CCNC(=NCc1ccc(C)c(F)c1)NCC(C(C)C)N1CCN(C)CC1. The number of rotatable bonds is 7. The molecule has 0 amide bonds. The van der Waals surface area contributed by atoms with E-state index >= 15 is 0 Å². The van der Waals surface area contributed by atoms with Crippen LogP contribution >= 0.6 is 0 Å². The average molecular weight is 378 g/mol. The van der Waals surface area contributed by atoms with Crippen molar-refractivity contribution in [2.75, 3.05) is 46.3 Å². The second-order valence-corrected chi connectivity index (χ2v) is 7.81. The van der Waals surface area contributed by atoms with Crippen molar-refractivity contribution in [3.05, 3.63) is 35.1 Å². The summed E-state index contributed by atoms with van der Waals surface area (Å²) >= 11 is 0. The van der Waals surface area contributed by atoms with Crippen LogP contribution in [0.5, 0.6) is 0 Å². The quantitative estimate of drug-likeness (QED) is 0.566. The van der Waals surface area contributed by atoms with E-state index in [2.05, 4.69) is 53.2 Å². The van der Waals surface area contributed by atoms with Crippen molar-refractivity contribution in [3.8, 4) is 0 Å². The second kappa shape index (κ2) is 10.6. The predicted molar refractivity (Wildman–Crippen MR) is 112 cm³/mol. The normalized spacial score (nSPS) is 18.0. The number of guanidine groups is 1. The van der Waals surface area contributed by atoms with Gasteiger partial charge in [0.2, 0.25) is 0 Å². The maximum absolute atomic E-state index is 13.7. The number of benzene rings is 1. The van der Waals surface area contributed by atoms with Crippen molar-refractivity contribution in [3.63, 3.8) is 0 Å². The summed E-state index contributed by atoms with van der Waals surface area (Å²) in [6.45, 7) is 15.0. The highest BCUT2D eigenvalue weighted by molar-refractivity contribution is 5.79. The third-order valence-corrected chi connectivity index (χ3v) is 5.26. The Kier molecular flexibility index (Phi) is 8.51. The Morgan fingerprint density at radius 3 is 2.48 bits per heavy atom. The van der Waals surface area contributed by atoms with Gasteiger partial charge in [0.15, 0.2) is 5.96 Å². The van der Waals surface area contributed by atoms with E-state index in [1.54, 1.807) is 13.0 Å². The number of likely N-dealkylation sites (N-methyl/N-ethyl adjacent to an activating group) is 1. The highest BCUT2D eigenvalue weighted by Gasteiger charge is 2.25. The molecule has 1 saturated heterocycles. The Bertz CT molecular complexity index is 609. The highest BCUT2D eigenvalue weighted by Crippen LogP contribution is 2.13. The molecule has 1 atom stereocenters. The van der Waals surface area contributed by atoms with E-state index in [0.29, 0.717) is 24.1 Å². The Balaban J connectivity index is 1.97. The summed E-state index contributed by atoms with van der Waals surface area (Å²) in [4.78, 5) is 9.61. The Morgan fingerprint density at radius 1 is 1.19 bits per heavy atom. The fourth-order valence-electron chi connectivity index (χ4n) is 3.39. The first-order chi connectivity index (χ1) is 12.9. The van der Waals surface area contributed by atoms with Gasteiger partial charge in [-0.1, -0.05) is 26.0 Å². The van der Waals surface area contributed by atoms with Gasteiger partial charge in [0, 0.05) is 45.3 Å². The highest BCUT2D eigenvalue weighted by atomic mass is 19.1. The van der Waals surface area contributed by atoms with Crippen LogP contribution in [0, 0.1) is 18.7 Å². The molecular formula is C21H36FN5. The molecule has 2 rings (SSSR count). The van der Waals surface area contributed by atoms with E-state index in [1.807, 2.05) is 12.1 Å². The van der Waals surface area contributed by atoms with Crippen LogP contribution in [0.15, 0.2) is 23.2 Å². The van der Waals surface area contributed by atoms with E-state index in [0.717, 1.165) is 50.8 Å². The van der Waals surface area contributed by atoms with E-state index in [-0.39, 0.29) is 5.82 Å². The van der Waals surface area contributed by atoms with Crippen LogP contribution in [0.4, 0.5) is 4.39 Å². The molecule has 152 valence electrons. The Hall–Kier alpha value is -1.66. The van der Waals surface area contributed by atoms with Crippen LogP contribution < -0.4 is 10.6 Å². The van der Waals surface area contributed by atoms with Crippen LogP contribution in [-0.4, -0.2) is 68.1 Å². The summed E-state index contributed by atoms with van der Waals surface area (Å²) in [6, 6.07) is 5.79. The topological polar surface area (TPSA) is 42.9 Å². The number of piperazine rings is 1. The van der Waals surface area contributed by atoms with Gasteiger partial charge in [-0.3, -0.25) is 4.90 Å². The maximum atomic E-state index is 13.7. The first-order valence-electron chi connectivity index (χ1n) is 10.1. The van der Waals surface area contributed by atoms with Crippen molar-refractivity contribution in [1.29, 1.82) is 0 Å². The Morgan fingerprint density at radius 2 is 1.89 bits per heavy atom. The largest absolute Gasteiger partial charge is 0.357 e. The number of halogens is 1. The third kappa shape index (κ3) is 6.78. The molecule has 1 unspecified atom stereocenters. The lowest BCUT2D eigenvalue weighted by Gasteiger charge is -2.40. The molecule has 1 aliphatic rings. The molecule has 0 aromatic heterocycles. The average Bonchev–Trinajstić information content (AvgIpc) is 2.63. The number of aliphatic imine (C=N–C) groups is 1. The first kappa shape index (κ1) is 21.6. The van der Waals surface area contributed by atoms with Gasteiger partial charge in [-0.2, -0.15) is 0 Å². The first-order valence-corrected chi connectivity index (χ1v) is 10.1. The molecule has 1 aromatic rings. The number of nitrogens with one attached hydrogen (secondary N) is 2. The number of hydrogen-bond donors (Lipinski definition) is 2. The summed E-state index contributed by atoms with van der Waals surface area (Å²) in [5.41, 5.74) is 1.55. The van der Waals surface area contributed by atoms with Gasteiger partial charge >= 0.3 is 0 Å². The molecule has 2 N–H and O–H groups in total. The molecule has 0 spiro atoms. The van der Waals surface area contributed by atoms with Crippen molar-refractivity contribution in [1.82, 2.24) is 20.4 Å². The molecule has 6 heteroatoms. The zero-order valence-corrected chi connectivity index (χ0v) is 17.6. The number of nitrogens with zero attached hydrogens (tertiary/aromatic N) is 3. The van der Waals surface area contributed by atoms with Crippen LogP contribution in [0.1, 0.15) is 31.9 Å². The second-order valence-electron chi connectivity index (χ2n) is 7.81. The maximum Gasteiger partial charge on any atom is 0.191 e. The van der Waals surface area contributed by atoms with E-state index in [4.69, 9.17) is 0 Å². The van der Waals surface area contributed by atoms with Crippen molar-refractivity contribution >= 4 is 5.96 Å². The molecule has 1 aliphatic heterocycles. The lowest BCUT2D eigenvalue weighted by atomic mass is 10.0. The zero-order chi connectivity index (χ0) is 19.8. The summed E-state index contributed by atoms with van der Waals surface area (Å²) in [5, 5.41) is 6.80. The molecule has 0 saturated carbocycles. The molecule has 1 fully saturated rings. The van der Waals surface area contributed by atoms with E-state index < -0.39 is 0 Å². The summed E-state index contributed by atoms with van der Waals surface area (Å²) < 4.78 is 13.7. The van der Waals surface area contributed by atoms with E-state index in [9.17, 15) is 4.39 Å². The standard InChI is InChI=1S/C21H36FN5/c1-6-23-21(24-14-18-8-7-17(4)19(22)13-18)25-15-20(16(2)3)27-11-9-26(5)10-12-27/h7-8,13,16,20H,6,9-12,14-15H2,1-5H3,(H2,23,24,25). The minimum Gasteiger partial charge on any atom is -0.357 e. The number of hydrogen-bond acceptors (Lipinski definition) is 3. The lowest BCUT2D eigenvalue weighted by molar-refractivity contribution is 0.0900. The predicted octanol–water partition coefficient (Wildman–Crippen LogP) is 2.46. The van der Waals surface area contributed by atoms with Crippen LogP contribution in [-0.2, 0) is 6.54 Å². The van der Waals surface area contributed by atoms with Gasteiger partial charge in [-0.15, -0.1) is 0 Å². The van der Waals surface area contributed by atoms with E-state index in [1.165, 1.54) is 0 Å².